The third-order valence-corrected chi connectivity index (χ3v) is 4.75. The molecule has 6 nitrogen and oxygen atoms in total. The first-order valence-corrected chi connectivity index (χ1v) is 8.40. The van der Waals surface area contributed by atoms with Crippen molar-refractivity contribution in [3.8, 4) is 0 Å². The van der Waals surface area contributed by atoms with Gasteiger partial charge in [-0.25, -0.2) is 4.79 Å². The largest absolute Gasteiger partial charge is 0.444 e. The lowest BCUT2D eigenvalue weighted by molar-refractivity contribution is 0.000649. The van der Waals surface area contributed by atoms with E-state index in [2.05, 4.69) is 17.1 Å². The van der Waals surface area contributed by atoms with Crippen LogP contribution in [0.3, 0.4) is 0 Å². The number of rotatable bonds is 2. The lowest BCUT2D eigenvalue weighted by Gasteiger charge is -2.41. The molecule has 0 saturated carbocycles. The molecule has 0 unspecified atom stereocenters. The van der Waals surface area contributed by atoms with Gasteiger partial charge in [-0.2, -0.15) is 0 Å². The molecule has 3 aliphatic heterocycles. The number of amides is 1. The van der Waals surface area contributed by atoms with Gasteiger partial charge < -0.3 is 19.7 Å². The zero-order chi connectivity index (χ0) is 15.9. The third kappa shape index (κ3) is 3.55. The molecule has 3 saturated heterocycles. The minimum atomic E-state index is -0.442. The zero-order valence-electron chi connectivity index (χ0n) is 14.2. The summed E-state index contributed by atoms with van der Waals surface area (Å²) in [4.78, 5) is 16.8. The number of nitrogens with zero attached hydrogens (tertiary/aromatic N) is 2. The van der Waals surface area contributed by atoms with E-state index in [1.54, 1.807) is 0 Å². The standard InChI is InChI=1S/C16H29N3O3/c1-11-6-17-12(7-18-9-14-5-13(18)10-21-14)8-19(11)15(20)22-16(2,3)4/h11-14,17H,5-10H2,1-4H3/t11-,12+,13-,14-/m1/s1. The van der Waals surface area contributed by atoms with Gasteiger partial charge in [0.2, 0.25) is 0 Å². The molecule has 0 aromatic heterocycles. The topological polar surface area (TPSA) is 54.0 Å². The van der Waals surface area contributed by atoms with Crippen LogP contribution < -0.4 is 5.32 Å². The summed E-state index contributed by atoms with van der Waals surface area (Å²) in [5.74, 6) is 0. The number of hydrogen-bond acceptors (Lipinski definition) is 5. The molecule has 3 heterocycles. The van der Waals surface area contributed by atoms with Crippen LogP contribution >= 0.6 is 0 Å². The number of nitrogens with one attached hydrogen (secondary N) is 1. The fraction of sp³-hybridized carbons (Fsp3) is 0.938. The number of likely N-dealkylation sites (tertiary alicyclic amines) is 1. The number of carbonyl (C=O) groups is 1. The van der Waals surface area contributed by atoms with E-state index in [9.17, 15) is 4.79 Å². The Hall–Kier alpha value is -0.850. The second-order valence-corrected chi connectivity index (χ2v) is 7.89. The van der Waals surface area contributed by atoms with Crippen LogP contribution in [0.15, 0.2) is 0 Å². The van der Waals surface area contributed by atoms with E-state index >= 15 is 0 Å². The van der Waals surface area contributed by atoms with Gasteiger partial charge in [-0.3, -0.25) is 4.90 Å². The summed E-state index contributed by atoms with van der Waals surface area (Å²) < 4.78 is 11.2. The fourth-order valence-electron chi connectivity index (χ4n) is 3.61. The van der Waals surface area contributed by atoms with Crippen LogP contribution in [0, 0.1) is 0 Å². The molecule has 0 aromatic rings. The predicted molar refractivity (Wildman–Crippen MR) is 83.9 cm³/mol. The summed E-state index contributed by atoms with van der Waals surface area (Å²) in [5, 5.41) is 3.57. The van der Waals surface area contributed by atoms with E-state index in [1.165, 1.54) is 6.42 Å². The van der Waals surface area contributed by atoms with Gasteiger partial charge in [-0.1, -0.05) is 0 Å². The molecule has 0 radical (unpaired) electrons. The Morgan fingerprint density at radius 2 is 2.14 bits per heavy atom. The van der Waals surface area contributed by atoms with Crippen molar-refractivity contribution in [3.63, 3.8) is 0 Å². The second kappa shape index (κ2) is 5.98. The molecule has 1 amide bonds. The highest BCUT2D eigenvalue weighted by atomic mass is 16.6. The Morgan fingerprint density at radius 3 is 2.73 bits per heavy atom. The monoisotopic (exact) mass is 311 g/mol. The highest BCUT2D eigenvalue weighted by molar-refractivity contribution is 5.68. The quantitative estimate of drug-likeness (QED) is 0.826. The first-order chi connectivity index (χ1) is 10.3. The number of hydrogen-bond donors (Lipinski definition) is 1. The molecule has 0 spiro atoms. The van der Waals surface area contributed by atoms with Crippen LogP contribution in [0.2, 0.25) is 0 Å². The van der Waals surface area contributed by atoms with Crippen LogP contribution in [0.1, 0.15) is 34.1 Å². The average molecular weight is 311 g/mol. The highest BCUT2D eigenvalue weighted by Gasteiger charge is 2.41. The number of carbonyl (C=O) groups excluding carboxylic acids is 1. The van der Waals surface area contributed by atoms with Gasteiger partial charge in [-0.05, 0) is 34.1 Å². The Labute approximate surface area is 133 Å². The van der Waals surface area contributed by atoms with Crippen molar-refractivity contribution < 1.29 is 14.3 Å². The summed E-state index contributed by atoms with van der Waals surface area (Å²) in [6, 6.07) is 1.05. The molecule has 4 atom stereocenters. The molecule has 126 valence electrons. The Morgan fingerprint density at radius 1 is 1.36 bits per heavy atom. The zero-order valence-corrected chi connectivity index (χ0v) is 14.2. The first-order valence-electron chi connectivity index (χ1n) is 8.40. The maximum atomic E-state index is 12.4. The maximum Gasteiger partial charge on any atom is 0.410 e. The molecule has 6 heteroatoms. The maximum absolute atomic E-state index is 12.4. The smallest absolute Gasteiger partial charge is 0.410 e. The SMILES string of the molecule is C[C@@H]1CN[C@@H](CN2C[C@H]3C[C@@H]2CO3)CN1C(=O)OC(C)(C)C. The molecule has 0 aromatic carbocycles. The first kappa shape index (κ1) is 16.0. The fourth-order valence-corrected chi connectivity index (χ4v) is 3.61. The van der Waals surface area contributed by atoms with E-state index in [0.29, 0.717) is 24.7 Å². The summed E-state index contributed by atoms with van der Waals surface area (Å²) in [5.41, 5.74) is -0.442. The van der Waals surface area contributed by atoms with Crippen molar-refractivity contribution in [2.45, 2.75) is 63.9 Å². The highest BCUT2D eigenvalue weighted by Crippen LogP contribution is 2.28. The molecule has 22 heavy (non-hydrogen) atoms. The van der Waals surface area contributed by atoms with Crippen LogP contribution in [0.5, 0.6) is 0 Å². The second-order valence-electron chi connectivity index (χ2n) is 7.89. The van der Waals surface area contributed by atoms with Gasteiger partial charge in [-0.15, -0.1) is 0 Å². The van der Waals surface area contributed by atoms with Crippen molar-refractivity contribution in [2.24, 2.45) is 0 Å². The molecule has 3 fully saturated rings. The number of fused-ring (bicyclic) bond motifs is 2. The van der Waals surface area contributed by atoms with Crippen molar-refractivity contribution in [2.75, 3.05) is 32.8 Å². The number of morpholine rings is 1. The van der Waals surface area contributed by atoms with E-state index in [4.69, 9.17) is 9.47 Å². The van der Waals surface area contributed by atoms with Gasteiger partial charge in [0.15, 0.2) is 0 Å². The minimum Gasteiger partial charge on any atom is -0.444 e. The van der Waals surface area contributed by atoms with Crippen LogP contribution in [-0.4, -0.2) is 78.5 Å². The van der Waals surface area contributed by atoms with Crippen molar-refractivity contribution >= 4 is 6.09 Å². The van der Waals surface area contributed by atoms with Gasteiger partial charge in [0.05, 0.1) is 12.7 Å². The van der Waals surface area contributed by atoms with E-state index in [-0.39, 0.29) is 12.1 Å². The normalized spacial score (nSPS) is 35.9. The van der Waals surface area contributed by atoms with E-state index < -0.39 is 5.60 Å². The number of piperazine rings is 1. The van der Waals surface area contributed by atoms with Crippen molar-refractivity contribution in [3.05, 3.63) is 0 Å². The molecule has 3 rings (SSSR count). The summed E-state index contributed by atoms with van der Waals surface area (Å²) >= 11 is 0. The lowest BCUT2D eigenvalue weighted by atomic mass is 10.1. The van der Waals surface area contributed by atoms with Crippen LogP contribution in [0.25, 0.3) is 0 Å². The summed E-state index contributed by atoms with van der Waals surface area (Å²) in [6.07, 6.45) is 1.39. The predicted octanol–water partition coefficient (Wildman–Crippen LogP) is 1.06. The Bertz CT molecular complexity index is 423. The molecule has 3 aliphatic rings. The number of ether oxygens (including phenoxy) is 2. The molecule has 1 N–H and O–H groups in total. The summed E-state index contributed by atoms with van der Waals surface area (Å²) in [7, 11) is 0. The lowest BCUT2D eigenvalue weighted by Crippen LogP contribution is -2.61. The molecule has 2 bridgehead atoms. The Balaban J connectivity index is 1.55. The molecular formula is C16H29N3O3. The average Bonchev–Trinajstić information content (AvgIpc) is 3.01. The van der Waals surface area contributed by atoms with E-state index in [0.717, 1.165) is 26.2 Å². The van der Waals surface area contributed by atoms with Crippen molar-refractivity contribution in [1.29, 1.82) is 0 Å². The molecule has 0 aliphatic carbocycles. The van der Waals surface area contributed by atoms with Gasteiger partial charge >= 0.3 is 6.09 Å². The van der Waals surface area contributed by atoms with Crippen molar-refractivity contribution in [1.82, 2.24) is 15.1 Å². The van der Waals surface area contributed by atoms with Gasteiger partial charge in [0.25, 0.3) is 0 Å². The van der Waals surface area contributed by atoms with Gasteiger partial charge in [0, 0.05) is 44.3 Å². The minimum absolute atomic E-state index is 0.171. The van der Waals surface area contributed by atoms with Crippen LogP contribution in [-0.2, 0) is 9.47 Å². The Kier molecular flexibility index (Phi) is 4.36. The summed E-state index contributed by atoms with van der Waals surface area (Å²) in [6.45, 7) is 12.2. The third-order valence-electron chi connectivity index (χ3n) is 4.75. The van der Waals surface area contributed by atoms with Crippen LogP contribution in [0.4, 0.5) is 4.79 Å². The van der Waals surface area contributed by atoms with E-state index in [1.807, 2.05) is 25.7 Å². The van der Waals surface area contributed by atoms with Gasteiger partial charge in [0.1, 0.15) is 5.60 Å². The molecular weight excluding hydrogens is 282 g/mol.